The maximum Gasteiger partial charge on any atom is 0.0728 e. The topological polar surface area (TPSA) is 13.1 Å². The summed E-state index contributed by atoms with van der Waals surface area (Å²) in [6, 6.07) is 77.2. The van der Waals surface area contributed by atoms with Crippen LogP contribution in [0.5, 0.6) is 0 Å². The predicted octanol–water partition coefficient (Wildman–Crippen LogP) is 15.4. The van der Waals surface area contributed by atoms with Gasteiger partial charge >= 0.3 is 0 Å². The number of hydrogen-bond acceptors (Lipinski definition) is 2. The van der Waals surface area contributed by atoms with Crippen molar-refractivity contribution in [3.05, 3.63) is 212 Å². The molecule has 0 aliphatic carbocycles. The van der Waals surface area contributed by atoms with Crippen LogP contribution in [0.2, 0.25) is 0 Å². The molecule has 0 bridgehead atoms. The van der Waals surface area contributed by atoms with Gasteiger partial charge in [0.15, 0.2) is 0 Å². The van der Waals surface area contributed by atoms with Crippen LogP contribution < -0.4 is 4.90 Å². The first-order chi connectivity index (χ1) is 28.8. The molecule has 3 nitrogen and oxygen atoms in total. The number of benzene rings is 9. The average molecular weight is 758 g/mol. The van der Waals surface area contributed by atoms with E-state index >= 15 is 0 Å². The minimum absolute atomic E-state index is 1.10. The third kappa shape index (κ3) is 4.99. The summed E-state index contributed by atoms with van der Waals surface area (Å²) in [5.74, 6) is 0. The van der Waals surface area contributed by atoms with E-state index in [0.717, 1.165) is 22.7 Å². The molecule has 4 heteroatoms. The van der Waals surface area contributed by atoms with Gasteiger partial charge in [-0.1, -0.05) is 140 Å². The molecule has 272 valence electrons. The van der Waals surface area contributed by atoms with Crippen LogP contribution in [0.1, 0.15) is 0 Å². The van der Waals surface area contributed by atoms with E-state index in [2.05, 4.69) is 226 Å². The number of anilines is 3. The van der Waals surface area contributed by atoms with Crippen molar-refractivity contribution >= 4 is 92.2 Å². The zero-order valence-electron chi connectivity index (χ0n) is 31.5. The van der Waals surface area contributed by atoms with E-state index in [1.165, 1.54) is 80.6 Å². The normalized spacial score (nSPS) is 11.8. The molecule has 0 saturated heterocycles. The molecule has 0 amide bonds. The van der Waals surface area contributed by atoms with Crippen molar-refractivity contribution < 1.29 is 0 Å². The summed E-state index contributed by atoms with van der Waals surface area (Å²) in [5.41, 5.74) is 13.0. The molecule has 0 spiro atoms. The molecule has 0 radical (unpaired) electrons. The minimum atomic E-state index is 1.10. The Morgan fingerprint density at radius 2 is 0.862 bits per heavy atom. The lowest BCUT2D eigenvalue weighted by molar-refractivity contribution is 1.17. The summed E-state index contributed by atoms with van der Waals surface area (Å²) < 4.78 is 7.39. The average Bonchev–Trinajstić information content (AvgIpc) is 3.95. The highest BCUT2D eigenvalue weighted by atomic mass is 32.1. The van der Waals surface area contributed by atoms with Crippen LogP contribution in [-0.4, -0.2) is 9.13 Å². The molecule has 0 atom stereocenters. The molecule has 0 fully saturated rings. The Bertz CT molecular complexity index is 3440. The summed E-state index contributed by atoms with van der Waals surface area (Å²) in [4.78, 5) is 2.44. The van der Waals surface area contributed by atoms with E-state index in [-0.39, 0.29) is 0 Å². The zero-order valence-corrected chi connectivity index (χ0v) is 32.3. The fraction of sp³-hybridized carbons (Fsp3) is 0. The smallest absolute Gasteiger partial charge is 0.0728 e. The SMILES string of the molecule is c1ccc(-n2c3ccccc3c3sc4c(N(c5ccc(-c6cccc7ccccc67)cc5)c5ccc(-n6c7ccccc7c7ccccc76)cc5)cccc4c32)cc1. The Kier molecular flexibility index (Phi) is 7.40. The molecule has 0 saturated carbocycles. The van der Waals surface area contributed by atoms with E-state index in [4.69, 9.17) is 0 Å². The number of rotatable bonds is 6. The van der Waals surface area contributed by atoms with Gasteiger partial charge in [-0.25, -0.2) is 0 Å². The molecular weight excluding hydrogens is 723 g/mol. The van der Waals surface area contributed by atoms with Crippen LogP contribution >= 0.6 is 11.3 Å². The number of hydrogen-bond donors (Lipinski definition) is 0. The Balaban J connectivity index is 1.07. The van der Waals surface area contributed by atoms with Gasteiger partial charge in [-0.3, -0.25) is 0 Å². The lowest BCUT2D eigenvalue weighted by Gasteiger charge is -2.26. The zero-order chi connectivity index (χ0) is 38.2. The van der Waals surface area contributed by atoms with Gasteiger partial charge < -0.3 is 14.0 Å². The highest BCUT2D eigenvalue weighted by molar-refractivity contribution is 7.27. The van der Waals surface area contributed by atoms with Gasteiger partial charge in [-0.05, 0) is 94.7 Å². The van der Waals surface area contributed by atoms with Crippen LogP contribution in [-0.2, 0) is 0 Å². The number of aromatic nitrogens is 2. The first-order valence-electron chi connectivity index (χ1n) is 19.8. The van der Waals surface area contributed by atoms with E-state index in [1.54, 1.807) is 0 Å². The van der Waals surface area contributed by atoms with Gasteiger partial charge in [0, 0.05) is 44.3 Å². The van der Waals surface area contributed by atoms with Gasteiger partial charge in [-0.2, -0.15) is 0 Å². The third-order valence-electron chi connectivity index (χ3n) is 11.7. The second kappa shape index (κ2) is 13.1. The number of para-hydroxylation sites is 4. The number of fused-ring (bicyclic) bond motifs is 9. The van der Waals surface area contributed by atoms with Crippen molar-refractivity contribution in [3.63, 3.8) is 0 Å². The first kappa shape index (κ1) is 32.8. The Morgan fingerprint density at radius 3 is 1.57 bits per heavy atom. The van der Waals surface area contributed by atoms with Crippen LogP contribution in [0, 0.1) is 0 Å². The van der Waals surface area contributed by atoms with Crippen molar-refractivity contribution in [2.75, 3.05) is 4.90 Å². The second-order valence-corrected chi connectivity index (χ2v) is 15.9. The van der Waals surface area contributed by atoms with Gasteiger partial charge in [0.1, 0.15) is 0 Å². The molecular formula is C54H35N3S. The summed E-state index contributed by atoms with van der Waals surface area (Å²) in [6.07, 6.45) is 0. The van der Waals surface area contributed by atoms with Gasteiger partial charge in [-0.15, -0.1) is 11.3 Å². The minimum Gasteiger partial charge on any atom is -0.309 e. The van der Waals surface area contributed by atoms with Crippen molar-refractivity contribution in [2.45, 2.75) is 0 Å². The molecule has 0 N–H and O–H groups in total. The first-order valence-corrected chi connectivity index (χ1v) is 20.6. The molecule has 3 aromatic heterocycles. The van der Waals surface area contributed by atoms with Gasteiger partial charge in [0.25, 0.3) is 0 Å². The Labute approximate surface area is 339 Å². The van der Waals surface area contributed by atoms with Gasteiger partial charge in [0.2, 0.25) is 0 Å². The highest BCUT2D eigenvalue weighted by Gasteiger charge is 2.23. The summed E-state index contributed by atoms with van der Waals surface area (Å²) in [6.45, 7) is 0. The molecule has 0 aliphatic rings. The monoisotopic (exact) mass is 757 g/mol. The van der Waals surface area contributed by atoms with Crippen LogP contribution in [0.4, 0.5) is 17.1 Å². The van der Waals surface area contributed by atoms with Gasteiger partial charge in [0.05, 0.1) is 37.2 Å². The maximum atomic E-state index is 2.44. The molecule has 58 heavy (non-hydrogen) atoms. The van der Waals surface area contributed by atoms with E-state index in [0.29, 0.717) is 0 Å². The third-order valence-corrected chi connectivity index (χ3v) is 13.0. The van der Waals surface area contributed by atoms with Crippen LogP contribution in [0.25, 0.3) is 86.3 Å². The fourth-order valence-corrected chi connectivity index (χ4v) is 10.5. The van der Waals surface area contributed by atoms with E-state index in [9.17, 15) is 0 Å². The largest absolute Gasteiger partial charge is 0.309 e. The van der Waals surface area contributed by atoms with Crippen molar-refractivity contribution in [1.29, 1.82) is 0 Å². The maximum absolute atomic E-state index is 2.44. The van der Waals surface area contributed by atoms with Crippen molar-refractivity contribution in [3.8, 4) is 22.5 Å². The quantitative estimate of drug-likeness (QED) is 0.165. The standard InChI is InChI=1S/C54H35N3S/c1-2-16-38(17-3-1)57-50-26-11-8-21-46(50)54-52(57)47-23-13-27-51(53(47)58-54)55(39-30-28-37(29-31-39)43-22-12-15-36-14-4-5-18-42(36)43)40-32-34-41(35-33-40)56-48-24-9-6-19-44(48)45-20-7-10-25-49(45)56/h1-35H. The van der Waals surface area contributed by atoms with Crippen molar-refractivity contribution in [1.82, 2.24) is 9.13 Å². The molecule has 12 aromatic rings. The predicted molar refractivity (Wildman–Crippen MR) is 248 cm³/mol. The number of thiophene rings is 1. The lowest BCUT2D eigenvalue weighted by atomic mass is 9.98. The summed E-state index contributed by atoms with van der Waals surface area (Å²) >= 11 is 1.89. The van der Waals surface area contributed by atoms with Crippen LogP contribution in [0.3, 0.4) is 0 Å². The molecule has 12 rings (SSSR count). The Hall–Kier alpha value is -7.40. The molecule has 3 heterocycles. The van der Waals surface area contributed by atoms with E-state index in [1.807, 2.05) is 11.3 Å². The van der Waals surface area contributed by atoms with E-state index < -0.39 is 0 Å². The molecule has 0 unspecified atom stereocenters. The summed E-state index contributed by atoms with van der Waals surface area (Å²) in [5, 5.41) is 7.55. The Morgan fingerprint density at radius 1 is 0.345 bits per heavy atom. The number of nitrogens with zero attached hydrogens (tertiary/aromatic N) is 3. The molecule has 0 aliphatic heterocycles. The van der Waals surface area contributed by atoms with Crippen LogP contribution in [0.15, 0.2) is 212 Å². The summed E-state index contributed by atoms with van der Waals surface area (Å²) in [7, 11) is 0. The lowest BCUT2D eigenvalue weighted by Crippen LogP contribution is -2.10. The molecule has 9 aromatic carbocycles. The second-order valence-electron chi connectivity index (χ2n) is 14.9. The fourth-order valence-electron chi connectivity index (χ4n) is 9.14. The van der Waals surface area contributed by atoms with Crippen molar-refractivity contribution in [2.24, 2.45) is 0 Å². The highest BCUT2D eigenvalue weighted by Crippen LogP contribution is 2.48.